The van der Waals surface area contributed by atoms with Crippen LogP contribution in [0.25, 0.3) is 5.69 Å². The van der Waals surface area contributed by atoms with Gasteiger partial charge in [-0.2, -0.15) is 0 Å². The summed E-state index contributed by atoms with van der Waals surface area (Å²) in [5, 5.41) is 12.0. The average Bonchev–Trinajstić information content (AvgIpc) is 2.73. The minimum Gasteiger partial charge on any atom is -0.389 e. The van der Waals surface area contributed by atoms with Crippen LogP contribution in [0.4, 0.5) is 0 Å². The van der Waals surface area contributed by atoms with Crippen LogP contribution in [0.2, 0.25) is 0 Å². The van der Waals surface area contributed by atoms with Crippen molar-refractivity contribution >= 4 is 0 Å². The summed E-state index contributed by atoms with van der Waals surface area (Å²) >= 11 is 0. The highest BCUT2D eigenvalue weighted by atomic mass is 16.3. The second kappa shape index (κ2) is 5.34. The third-order valence-corrected chi connectivity index (χ3v) is 3.29. The predicted octanol–water partition coefficient (Wildman–Crippen LogP) is 0.825. The van der Waals surface area contributed by atoms with Crippen molar-refractivity contribution in [2.45, 2.75) is 26.0 Å². The topological polar surface area (TPSA) is 80.0 Å². The van der Waals surface area contributed by atoms with Gasteiger partial charge in [0, 0.05) is 0 Å². The average molecular weight is 275 g/mol. The van der Waals surface area contributed by atoms with Gasteiger partial charge in [0.15, 0.2) is 0 Å². The van der Waals surface area contributed by atoms with E-state index in [0.717, 1.165) is 4.57 Å². The number of benzene rings is 1. The molecule has 2 aromatic rings. The molecular formula is C14H17N3O3. The summed E-state index contributed by atoms with van der Waals surface area (Å²) in [6, 6.07) is 8.15. The first-order valence-corrected chi connectivity index (χ1v) is 6.29. The van der Waals surface area contributed by atoms with Crippen molar-refractivity contribution in [1.29, 1.82) is 0 Å². The van der Waals surface area contributed by atoms with E-state index < -0.39 is 23.5 Å². The van der Waals surface area contributed by atoms with Gasteiger partial charge >= 0.3 is 11.4 Å². The van der Waals surface area contributed by atoms with Gasteiger partial charge in [-0.15, -0.1) is 0 Å². The maximum atomic E-state index is 12.3. The molecule has 6 nitrogen and oxygen atoms in total. The van der Waals surface area contributed by atoms with Crippen molar-refractivity contribution in [3.05, 3.63) is 63.5 Å². The van der Waals surface area contributed by atoms with Gasteiger partial charge in [0.05, 0.1) is 17.8 Å². The summed E-state index contributed by atoms with van der Waals surface area (Å²) in [7, 11) is 0. The first-order chi connectivity index (χ1) is 9.43. The number of para-hydroxylation sites is 1. The molecule has 0 saturated heterocycles. The Morgan fingerprint density at radius 3 is 2.40 bits per heavy atom. The molecule has 2 N–H and O–H groups in total. The van der Waals surface area contributed by atoms with Gasteiger partial charge in [0.25, 0.3) is 0 Å². The molecule has 1 aromatic carbocycles. The molecule has 2 atom stereocenters. The molecule has 0 spiro atoms. The molecule has 1 aromatic heterocycles. The molecular weight excluding hydrogens is 258 g/mol. The van der Waals surface area contributed by atoms with Gasteiger partial charge in [0.1, 0.15) is 0 Å². The molecule has 20 heavy (non-hydrogen) atoms. The molecule has 6 heteroatoms. The quantitative estimate of drug-likeness (QED) is 0.811. The van der Waals surface area contributed by atoms with Gasteiger partial charge in [0.2, 0.25) is 0 Å². The standard InChI is InChI=1S/C14H17N3O3/c1-9(11(3)18)10(2)17-14(20)16(13(19)15-17)12-7-5-4-6-8-12/h4-8,10-11,18H,1H2,2-3H3,(H,15,19)/t10-,11-/m0/s1. The van der Waals surface area contributed by atoms with Crippen molar-refractivity contribution < 1.29 is 5.11 Å². The molecule has 0 fully saturated rings. The first-order valence-electron chi connectivity index (χ1n) is 6.29. The van der Waals surface area contributed by atoms with E-state index in [4.69, 9.17) is 0 Å². The fraction of sp³-hybridized carbons (Fsp3) is 0.286. The lowest BCUT2D eigenvalue weighted by Crippen LogP contribution is -2.30. The lowest BCUT2D eigenvalue weighted by atomic mass is 10.1. The Kier molecular flexibility index (Phi) is 3.76. The lowest BCUT2D eigenvalue weighted by molar-refractivity contribution is 0.216. The van der Waals surface area contributed by atoms with Crippen molar-refractivity contribution in [2.75, 3.05) is 0 Å². The largest absolute Gasteiger partial charge is 0.389 e. The summed E-state index contributed by atoms with van der Waals surface area (Å²) in [5.41, 5.74) is -0.0668. The molecule has 2 rings (SSSR count). The number of aromatic nitrogens is 3. The normalized spacial score (nSPS) is 13.9. The van der Waals surface area contributed by atoms with Gasteiger partial charge < -0.3 is 5.11 Å². The molecule has 0 amide bonds. The van der Waals surface area contributed by atoms with Crippen LogP contribution in [0.3, 0.4) is 0 Å². The van der Waals surface area contributed by atoms with Gasteiger partial charge in [-0.1, -0.05) is 24.8 Å². The van der Waals surface area contributed by atoms with Crippen LogP contribution in [0.5, 0.6) is 0 Å². The fourth-order valence-corrected chi connectivity index (χ4v) is 1.98. The summed E-state index contributed by atoms with van der Waals surface area (Å²) in [4.78, 5) is 24.3. The van der Waals surface area contributed by atoms with E-state index >= 15 is 0 Å². The fourth-order valence-electron chi connectivity index (χ4n) is 1.98. The van der Waals surface area contributed by atoms with E-state index in [-0.39, 0.29) is 0 Å². The molecule has 0 aliphatic heterocycles. The van der Waals surface area contributed by atoms with E-state index in [0.29, 0.717) is 11.3 Å². The Morgan fingerprint density at radius 1 is 1.25 bits per heavy atom. The van der Waals surface area contributed by atoms with Crippen molar-refractivity contribution in [3.8, 4) is 5.69 Å². The maximum Gasteiger partial charge on any atom is 0.352 e. The molecule has 106 valence electrons. The molecule has 0 saturated carbocycles. The third-order valence-electron chi connectivity index (χ3n) is 3.29. The van der Waals surface area contributed by atoms with Crippen LogP contribution >= 0.6 is 0 Å². The Labute approximate surface area is 115 Å². The number of hydrogen-bond donors (Lipinski definition) is 2. The number of aliphatic hydroxyl groups is 1. The first kappa shape index (κ1) is 14.1. The van der Waals surface area contributed by atoms with E-state index in [1.165, 1.54) is 4.68 Å². The van der Waals surface area contributed by atoms with Crippen LogP contribution in [0.1, 0.15) is 19.9 Å². The van der Waals surface area contributed by atoms with Crippen molar-refractivity contribution in [1.82, 2.24) is 14.3 Å². The Hall–Kier alpha value is -2.34. The van der Waals surface area contributed by atoms with E-state index in [1.807, 2.05) is 0 Å². The van der Waals surface area contributed by atoms with E-state index in [9.17, 15) is 14.7 Å². The molecule has 1 heterocycles. The van der Waals surface area contributed by atoms with Gasteiger partial charge in [-0.3, -0.25) is 0 Å². The maximum absolute atomic E-state index is 12.3. The summed E-state index contributed by atoms with van der Waals surface area (Å²) in [5.74, 6) is 0. The molecule has 0 aliphatic carbocycles. The van der Waals surface area contributed by atoms with Crippen LogP contribution in [-0.2, 0) is 0 Å². The number of H-pyrrole nitrogens is 1. The summed E-state index contributed by atoms with van der Waals surface area (Å²) < 4.78 is 2.22. The molecule has 0 aliphatic rings. The summed E-state index contributed by atoms with van der Waals surface area (Å²) in [6.45, 7) is 7.00. The lowest BCUT2D eigenvalue weighted by Gasteiger charge is -2.16. The second-order valence-electron chi connectivity index (χ2n) is 4.67. The number of aromatic amines is 1. The number of hydrogen-bond acceptors (Lipinski definition) is 3. The van der Waals surface area contributed by atoms with Crippen molar-refractivity contribution in [3.63, 3.8) is 0 Å². The van der Waals surface area contributed by atoms with Crippen LogP contribution < -0.4 is 11.4 Å². The number of aliphatic hydroxyl groups excluding tert-OH is 1. The zero-order chi connectivity index (χ0) is 14.9. The van der Waals surface area contributed by atoms with Crippen LogP contribution in [-0.4, -0.2) is 25.6 Å². The van der Waals surface area contributed by atoms with Gasteiger partial charge in [-0.25, -0.2) is 23.9 Å². The number of rotatable bonds is 4. The zero-order valence-electron chi connectivity index (χ0n) is 11.4. The Balaban J connectivity index is 2.53. The Bertz CT molecular complexity index is 722. The highest BCUT2D eigenvalue weighted by molar-refractivity contribution is 5.30. The SMILES string of the molecule is C=C([C@H](C)O)[C@H](C)n1[nH]c(=O)n(-c2ccccc2)c1=O. The minimum atomic E-state index is -0.763. The molecule has 0 unspecified atom stereocenters. The van der Waals surface area contributed by atoms with Crippen LogP contribution in [0, 0.1) is 0 Å². The Morgan fingerprint density at radius 2 is 1.85 bits per heavy atom. The monoisotopic (exact) mass is 275 g/mol. The van der Waals surface area contributed by atoms with Crippen LogP contribution in [0.15, 0.2) is 52.1 Å². The van der Waals surface area contributed by atoms with E-state index in [2.05, 4.69) is 11.7 Å². The molecule has 0 bridgehead atoms. The highest BCUT2D eigenvalue weighted by Crippen LogP contribution is 2.15. The third kappa shape index (κ3) is 2.37. The highest BCUT2D eigenvalue weighted by Gasteiger charge is 2.19. The summed E-state index contributed by atoms with van der Waals surface area (Å²) in [6.07, 6.45) is -0.763. The smallest absolute Gasteiger partial charge is 0.352 e. The predicted molar refractivity (Wildman–Crippen MR) is 76.2 cm³/mol. The van der Waals surface area contributed by atoms with Gasteiger partial charge in [-0.05, 0) is 31.6 Å². The minimum absolute atomic E-state index is 0.452. The number of nitrogens with zero attached hydrogens (tertiary/aromatic N) is 2. The van der Waals surface area contributed by atoms with Crippen molar-refractivity contribution in [2.24, 2.45) is 0 Å². The zero-order valence-corrected chi connectivity index (χ0v) is 11.4. The number of nitrogens with one attached hydrogen (secondary N) is 1. The molecule has 0 radical (unpaired) electrons. The van der Waals surface area contributed by atoms with E-state index in [1.54, 1.807) is 44.2 Å². The second-order valence-corrected chi connectivity index (χ2v) is 4.67.